The van der Waals surface area contributed by atoms with Gasteiger partial charge in [-0.3, -0.25) is 4.79 Å². The van der Waals surface area contributed by atoms with Crippen molar-refractivity contribution in [3.63, 3.8) is 0 Å². The average Bonchev–Trinajstić information content (AvgIpc) is 2.98. The van der Waals surface area contributed by atoms with Gasteiger partial charge in [-0.25, -0.2) is 8.42 Å². The van der Waals surface area contributed by atoms with E-state index in [-0.39, 0.29) is 35.9 Å². The van der Waals surface area contributed by atoms with Crippen molar-refractivity contribution < 1.29 is 17.9 Å². The molecule has 0 spiro atoms. The summed E-state index contributed by atoms with van der Waals surface area (Å²) in [5.41, 5.74) is 1.18. The SMILES string of the molecule is CC(C)c1cccc(OCC(=O)N2C[C@@H]3CS(=O)(=O)C[C@@H]3C2)c1. The van der Waals surface area contributed by atoms with Gasteiger partial charge < -0.3 is 9.64 Å². The number of nitrogens with zero attached hydrogens (tertiary/aromatic N) is 1. The van der Waals surface area contributed by atoms with Crippen LogP contribution in [0.1, 0.15) is 25.3 Å². The van der Waals surface area contributed by atoms with Crippen LogP contribution in [0.5, 0.6) is 5.75 Å². The van der Waals surface area contributed by atoms with Crippen molar-refractivity contribution in [3.8, 4) is 5.75 Å². The van der Waals surface area contributed by atoms with Crippen LogP contribution >= 0.6 is 0 Å². The molecule has 3 rings (SSSR count). The van der Waals surface area contributed by atoms with E-state index in [1.165, 1.54) is 5.56 Å². The van der Waals surface area contributed by atoms with E-state index in [9.17, 15) is 13.2 Å². The third-order valence-corrected chi connectivity index (χ3v) is 6.62. The third kappa shape index (κ3) is 3.68. The summed E-state index contributed by atoms with van der Waals surface area (Å²) in [5, 5.41) is 0. The summed E-state index contributed by atoms with van der Waals surface area (Å²) in [6, 6.07) is 7.79. The summed E-state index contributed by atoms with van der Waals surface area (Å²) in [7, 11) is -2.89. The molecule has 6 heteroatoms. The number of sulfone groups is 1. The number of hydrogen-bond donors (Lipinski definition) is 0. The Hall–Kier alpha value is -1.56. The maximum absolute atomic E-state index is 12.3. The molecule has 2 atom stereocenters. The minimum Gasteiger partial charge on any atom is -0.484 e. The van der Waals surface area contributed by atoms with Crippen molar-refractivity contribution in [3.05, 3.63) is 29.8 Å². The Labute approximate surface area is 137 Å². The number of ether oxygens (including phenoxy) is 1. The maximum Gasteiger partial charge on any atom is 0.260 e. The Morgan fingerprint density at radius 1 is 1.26 bits per heavy atom. The number of carbonyl (C=O) groups is 1. The lowest BCUT2D eigenvalue weighted by molar-refractivity contribution is -0.132. The summed E-state index contributed by atoms with van der Waals surface area (Å²) >= 11 is 0. The number of hydrogen-bond acceptors (Lipinski definition) is 4. The standard InChI is InChI=1S/C17H23NO4S/c1-12(2)13-4-3-5-16(6-13)22-9-17(19)18-7-14-10-23(20,21)11-15(14)8-18/h3-6,12,14-15H,7-11H2,1-2H3/t14-,15+. The van der Waals surface area contributed by atoms with E-state index in [4.69, 9.17) is 4.74 Å². The van der Waals surface area contributed by atoms with Crippen LogP contribution in [0.2, 0.25) is 0 Å². The van der Waals surface area contributed by atoms with Crippen LogP contribution < -0.4 is 4.74 Å². The Morgan fingerprint density at radius 3 is 2.52 bits per heavy atom. The highest BCUT2D eigenvalue weighted by Gasteiger charge is 2.44. The van der Waals surface area contributed by atoms with Gasteiger partial charge in [-0.1, -0.05) is 26.0 Å². The van der Waals surface area contributed by atoms with Crippen molar-refractivity contribution >= 4 is 15.7 Å². The van der Waals surface area contributed by atoms with Crippen molar-refractivity contribution in [1.82, 2.24) is 4.90 Å². The average molecular weight is 337 g/mol. The molecule has 2 aliphatic rings. The fraction of sp³-hybridized carbons (Fsp3) is 0.588. The van der Waals surface area contributed by atoms with Gasteiger partial charge in [-0.05, 0) is 35.4 Å². The van der Waals surface area contributed by atoms with E-state index in [0.717, 1.165) is 0 Å². The minimum absolute atomic E-state index is 0.00768. The van der Waals surface area contributed by atoms with Crippen molar-refractivity contribution in [2.75, 3.05) is 31.2 Å². The molecule has 0 unspecified atom stereocenters. The lowest BCUT2D eigenvalue weighted by atomic mass is 10.0. The third-order valence-electron chi connectivity index (χ3n) is 4.75. The molecule has 2 fully saturated rings. The van der Waals surface area contributed by atoms with E-state index < -0.39 is 9.84 Å². The molecule has 23 heavy (non-hydrogen) atoms. The van der Waals surface area contributed by atoms with Crippen LogP contribution in [0.3, 0.4) is 0 Å². The van der Waals surface area contributed by atoms with Crippen molar-refractivity contribution in [1.29, 1.82) is 0 Å². The maximum atomic E-state index is 12.3. The largest absolute Gasteiger partial charge is 0.484 e. The Balaban J connectivity index is 1.54. The quantitative estimate of drug-likeness (QED) is 0.839. The van der Waals surface area contributed by atoms with Gasteiger partial charge in [0.05, 0.1) is 11.5 Å². The van der Waals surface area contributed by atoms with Gasteiger partial charge in [0.1, 0.15) is 5.75 Å². The predicted octanol–water partition coefficient (Wildman–Crippen LogP) is 1.69. The summed E-state index contributed by atoms with van der Waals surface area (Å²) in [5.74, 6) is 1.70. The second kappa shape index (κ2) is 6.15. The first kappa shape index (κ1) is 16.3. The number of benzene rings is 1. The lowest BCUT2D eigenvalue weighted by Crippen LogP contribution is -2.34. The van der Waals surface area contributed by atoms with Gasteiger partial charge in [0.15, 0.2) is 16.4 Å². The molecule has 1 amide bonds. The zero-order valence-electron chi connectivity index (χ0n) is 13.6. The summed E-state index contributed by atoms with van der Waals surface area (Å²) in [4.78, 5) is 14.0. The number of carbonyl (C=O) groups excluding carboxylic acids is 1. The van der Waals surface area contributed by atoms with Gasteiger partial charge >= 0.3 is 0 Å². The molecule has 1 aromatic rings. The summed E-state index contributed by atoms with van der Waals surface area (Å²) in [6.45, 7) is 5.31. The topological polar surface area (TPSA) is 63.7 Å². The van der Waals surface area contributed by atoms with E-state index in [1.54, 1.807) is 4.90 Å². The second-order valence-corrected chi connectivity index (χ2v) is 9.07. The van der Waals surface area contributed by atoms with E-state index >= 15 is 0 Å². The molecule has 2 aliphatic heterocycles. The van der Waals surface area contributed by atoms with E-state index in [0.29, 0.717) is 24.8 Å². The Bertz CT molecular complexity index is 678. The Morgan fingerprint density at radius 2 is 1.91 bits per heavy atom. The Kier molecular flexibility index (Phi) is 4.36. The second-order valence-electron chi connectivity index (χ2n) is 6.91. The number of amides is 1. The molecule has 2 saturated heterocycles. The first-order valence-electron chi connectivity index (χ1n) is 8.05. The lowest BCUT2D eigenvalue weighted by Gasteiger charge is -2.18. The van der Waals surface area contributed by atoms with Crippen LogP contribution in [0.15, 0.2) is 24.3 Å². The van der Waals surface area contributed by atoms with Crippen LogP contribution in [-0.4, -0.2) is 50.4 Å². The monoisotopic (exact) mass is 337 g/mol. The van der Waals surface area contributed by atoms with Crippen LogP contribution in [0, 0.1) is 11.8 Å². The van der Waals surface area contributed by atoms with Gasteiger partial charge in [0.2, 0.25) is 0 Å². The molecular formula is C17H23NO4S. The molecular weight excluding hydrogens is 314 g/mol. The smallest absolute Gasteiger partial charge is 0.260 e. The molecule has 5 nitrogen and oxygen atoms in total. The molecule has 2 heterocycles. The molecule has 0 aromatic heterocycles. The molecule has 0 saturated carbocycles. The number of rotatable bonds is 4. The predicted molar refractivity (Wildman–Crippen MR) is 88.2 cm³/mol. The van der Waals surface area contributed by atoms with Crippen LogP contribution in [0.4, 0.5) is 0 Å². The van der Waals surface area contributed by atoms with Crippen molar-refractivity contribution in [2.45, 2.75) is 19.8 Å². The van der Waals surface area contributed by atoms with Gasteiger partial charge in [0.25, 0.3) is 5.91 Å². The summed E-state index contributed by atoms with van der Waals surface area (Å²) in [6.07, 6.45) is 0. The fourth-order valence-corrected chi connectivity index (χ4v) is 5.64. The molecule has 0 radical (unpaired) electrons. The highest BCUT2D eigenvalue weighted by molar-refractivity contribution is 7.91. The number of likely N-dealkylation sites (tertiary alicyclic amines) is 1. The summed E-state index contributed by atoms with van der Waals surface area (Å²) < 4.78 is 28.8. The van der Waals surface area contributed by atoms with Crippen LogP contribution in [-0.2, 0) is 14.6 Å². The molecule has 1 aromatic carbocycles. The first-order chi connectivity index (χ1) is 10.8. The number of fused-ring (bicyclic) bond motifs is 1. The molecule has 0 bridgehead atoms. The van der Waals surface area contributed by atoms with Gasteiger partial charge in [-0.15, -0.1) is 0 Å². The normalized spacial score (nSPS) is 25.6. The highest BCUT2D eigenvalue weighted by atomic mass is 32.2. The highest BCUT2D eigenvalue weighted by Crippen LogP contribution is 2.32. The first-order valence-corrected chi connectivity index (χ1v) is 9.87. The van der Waals surface area contributed by atoms with Gasteiger partial charge in [-0.2, -0.15) is 0 Å². The molecule has 0 aliphatic carbocycles. The zero-order valence-corrected chi connectivity index (χ0v) is 14.4. The molecule has 126 valence electrons. The van der Waals surface area contributed by atoms with E-state index in [1.807, 2.05) is 24.3 Å². The van der Waals surface area contributed by atoms with E-state index in [2.05, 4.69) is 13.8 Å². The fourth-order valence-electron chi connectivity index (χ4n) is 3.44. The molecule has 0 N–H and O–H groups in total. The zero-order chi connectivity index (χ0) is 16.6. The minimum atomic E-state index is -2.89. The van der Waals surface area contributed by atoms with Crippen LogP contribution in [0.25, 0.3) is 0 Å². The van der Waals surface area contributed by atoms with Gasteiger partial charge in [0, 0.05) is 13.1 Å². The van der Waals surface area contributed by atoms with Crippen molar-refractivity contribution in [2.24, 2.45) is 11.8 Å².